The predicted molar refractivity (Wildman–Crippen MR) is 149 cm³/mol. The van der Waals surface area contributed by atoms with Crippen LogP contribution in [-0.2, 0) is 10.5 Å². The molecule has 3 heterocycles. The molecule has 0 aliphatic carbocycles. The second kappa shape index (κ2) is 10.1. The number of carbonyl (C=O) groups is 1. The number of fused-ring (bicyclic) bond motifs is 1. The number of aromatic nitrogens is 3. The Morgan fingerprint density at radius 3 is 2.67 bits per heavy atom. The molecule has 0 radical (unpaired) electrons. The van der Waals surface area contributed by atoms with Crippen LogP contribution in [0.5, 0.6) is 0 Å². The molecule has 0 spiro atoms. The molecular weight excluding hydrogens is 510 g/mol. The summed E-state index contributed by atoms with van der Waals surface area (Å²) in [5, 5.41) is 14.7. The zero-order chi connectivity index (χ0) is 25.4. The maximum Gasteiger partial charge on any atom is 0.255 e. The molecule has 1 atom stereocenters. The quantitative estimate of drug-likeness (QED) is 0.257. The third-order valence-electron chi connectivity index (χ3n) is 6.17. The van der Waals surface area contributed by atoms with Crippen LogP contribution < -0.4 is 10.6 Å². The molecule has 2 N–H and O–H groups in total. The Morgan fingerprint density at radius 1 is 1.14 bits per heavy atom. The summed E-state index contributed by atoms with van der Waals surface area (Å²) < 4.78 is 1.83. The summed E-state index contributed by atoms with van der Waals surface area (Å²) in [5.74, 6) is 1.12. The first-order valence-corrected chi connectivity index (χ1v) is 13.8. The van der Waals surface area contributed by atoms with Gasteiger partial charge in [-0.1, -0.05) is 59.3 Å². The first kappa shape index (κ1) is 24.6. The molecule has 1 amide bonds. The first-order chi connectivity index (χ1) is 17.3. The van der Waals surface area contributed by atoms with Crippen molar-refractivity contribution in [1.82, 2.24) is 14.8 Å². The van der Waals surface area contributed by atoms with E-state index in [1.807, 2.05) is 67.2 Å². The Hall–Kier alpha value is -3.07. The number of aryl methyl sites for hydroxylation is 3. The minimum atomic E-state index is -0.380. The smallest absolute Gasteiger partial charge is 0.255 e. The van der Waals surface area contributed by atoms with Gasteiger partial charge in [-0.05, 0) is 68.0 Å². The van der Waals surface area contributed by atoms with E-state index in [1.54, 1.807) is 11.3 Å². The lowest BCUT2D eigenvalue weighted by Crippen LogP contribution is -2.31. The maximum absolute atomic E-state index is 13.7. The molecule has 0 saturated heterocycles. The number of anilines is 2. The number of allylic oxidation sites excluding steroid dienone is 1. The number of thioether (sulfide) groups is 1. The highest BCUT2D eigenvalue weighted by atomic mass is 35.5. The summed E-state index contributed by atoms with van der Waals surface area (Å²) in [7, 11) is 0. The molecule has 1 aliphatic heterocycles. The summed E-state index contributed by atoms with van der Waals surface area (Å²) in [6, 6.07) is 15.5. The van der Waals surface area contributed by atoms with Crippen molar-refractivity contribution < 1.29 is 4.79 Å². The minimum absolute atomic E-state index is 0.156. The molecular formula is C27H26ClN5OS2. The normalized spacial score (nSPS) is 15.0. The first-order valence-electron chi connectivity index (χ1n) is 11.5. The van der Waals surface area contributed by atoms with Crippen LogP contribution in [0.2, 0.25) is 5.02 Å². The Morgan fingerprint density at radius 2 is 1.94 bits per heavy atom. The number of halogens is 1. The molecule has 6 nitrogen and oxygen atoms in total. The van der Waals surface area contributed by atoms with Gasteiger partial charge in [-0.3, -0.25) is 4.79 Å². The molecule has 1 aliphatic rings. The van der Waals surface area contributed by atoms with E-state index in [-0.39, 0.29) is 11.9 Å². The maximum atomic E-state index is 13.7. The van der Waals surface area contributed by atoms with Crippen molar-refractivity contribution in [2.75, 3.05) is 10.6 Å². The third-order valence-corrected chi connectivity index (χ3v) is 8.50. The second-order valence-corrected chi connectivity index (χ2v) is 11.1. The topological polar surface area (TPSA) is 71.8 Å². The van der Waals surface area contributed by atoms with Gasteiger partial charge in [0.05, 0.1) is 5.57 Å². The highest BCUT2D eigenvalue weighted by Crippen LogP contribution is 2.40. The second-order valence-electron chi connectivity index (χ2n) is 8.85. The lowest BCUT2D eigenvalue weighted by molar-refractivity contribution is -0.113. The number of hydrogen-bond donors (Lipinski definition) is 2. The highest BCUT2D eigenvalue weighted by Gasteiger charge is 2.36. The third kappa shape index (κ3) is 4.81. The van der Waals surface area contributed by atoms with Gasteiger partial charge in [0.25, 0.3) is 5.91 Å². The zero-order valence-corrected chi connectivity index (χ0v) is 22.8. The molecule has 5 rings (SSSR count). The van der Waals surface area contributed by atoms with Crippen molar-refractivity contribution in [1.29, 1.82) is 0 Å². The highest BCUT2D eigenvalue weighted by molar-refractivity contribution is 7.98. The van der Waals surface area contributed by atoms with Gasteiger partial charge in [0, 0.05) is 27.0 Å². The number of hydrogen-bond acceptors (Lipinski definition) is 6. The van der Waals surface area contributed by atoms with Gasteiger partial charge in [0.15, 0.2) is 0 Å². The van der Waals surface area contributed by atoms with Crippen LogP contribution in [0.15, 0.2) is 70.3 Å². The van der Waals surface area contributed by atoms with Gasteiger partial charge >= 0.3 is 0 Å². The van der Waals surface area contributed by atoms with Crippen molar-refractivity contribution in [3.05, 3.63) is 97.3 Å². The molecule has 184 valence electrons. The number of thiophene rings is 1. The lowest BCUT2D eigenvalue weighted by Gasteiger charge is -2.28. The van der Waals surface area contributed by atoms with E-state index >= 15 is 0 Å². The number of carbonyl (C=O) groups excluding carboxylic acids is 1. The van der Waals surface area contributed by atoms with Crippen LogP contribution in [0, 0.1) is 20.8 Å². The Kier molecular flexibility index (Phi) is 6.92. The molecule has 36 heavy (non-hydrogen) atoms. The van der Waals surface area contributed by atoms with E-state index in [9.17, 15) is 4.79 Å². The van der Waals surface area contributed by atoms with Crippen LogP contribution in [-0.4, -0.2) is 20.7 Å². The van der Waals surface area contributed by atoms with E-state index in [0.29, 0.717) is 22.4 Å². The number of amides is 1. The fourth-order valence-electron chi connectivity index (χ4n) is 4.29. The summed E-state index contributed by atoms with van der Waals surface area (Å²) in [4.78, 5) is 19.5. The van der Waals surface area contributed by atoms with Gasteiger partial charge in [0.2, 0.25) is 11.1 Å². The van der Waals surface area contributed by atoms with Crippen molar-refractivity contribution in [2.45, 2.75) is 44.6 Å². The fraction of sp³-hybridized carbons (Fsp3) is 0.222. The van der Waals surface area contributed by atoms with Crippen molar-refractivity contribution in [2.24, 2.45) is 0 Å². The van der Waals surface area contributed by atoms with Crippen LogP contribution >= 0.6 is 34.7 Å². The van der Waals surface area contributed by atoms with Crippen molar-refractivity contribution in [3.8, 4) is 0 Å². The predicted octanol–water partition coefficient (Wildman–Crippen LogP) is 7.14. The van der Waals surface area contributed by atoms with E-state index < -0.39 is 0 Å². The Balaban J connectivity index is 1.49. The lowest BCUT2D eigenvalue weighted by atomic mass is 9.98. The van der Waals surface area contributed by atoms with Crippen molar-refractivity contribution >= 4 is 52.2 Å². The molecule has 9 heteroatoms. The molecule has 0 bridgehead atoms. The number of nitrogens with one attached hydrogen (secondary N) is 2. The van der Waals surface area contributed by atoms with E-state index in [1.165, 1.54) is 11.8 Å². The molecule has 4 aromatic rings. The molecule has 2 aromatic carbocycles. The molecule has 2 aromatic heterocycles. The number of benzene rings is 2. The summed E-state index contributed by atoms with van der Waals surface area (Å²) in [5.41, 5.74) is 6.50. The van der Waals surface area contributed by atoms with Gasteiger partial charge in [-0.15, -0.1) is 16.4 Å². The van der Waals surface area contributed by atoms with Gasteiger partial charge in [0.1, 0.15) is 6.04 Å². The fourth-order valence-corrected chi connectivity index (χ4v) is 6.43. The Labute approximate surface area is 223 Å². The largest absolute Gasteiger partial charge is 0.328 e. The van der Waals surface area contributed by atoms with Gasteiger partial charge < -0.3 is 10.6 Å². The van der Waals surface area contributed by atoms with Crippen molar-refractivity contribution in [3.63, 3.8) is 0 Å². The standard InChI is InChI=1S/C27H26ClN5OS2/c1-15-9-10-21(17(3)13-15)30-25(34)22-18(4)29-26-31-27(36-14-19-7-5-6-8-20(19)28)32-33(26)23(22)24-16(2)11-12-35-24/h5-13,23H,14H2,1-4H3,(H,30,34)(H,29,31,32). The van der Waals surface area contributed by atoms with Crippen LogP contribution in [0.3, 0.4) is 0 Å². The Bertz CT molecular complexity index is 1490. The van der Waals surface area contributed by atoms with Gasteiger partial charge in [-0.25, -0.2) is 4.68 Å². The van der Waals surface area contributed by atoms with E-state index in [0.717, 1.165) is 43.5 Å². The monoisotopic (exact) mass is 535 g/mol. The summed E-state index contributed by atoms with van der Waals surface area (Å²) >= 11 is 9.48. The van der Waals surface area contributed by atoms with Gasteiger partial charge in [-0.2, -0.15) is 4.98 Å². The van der Waals surface area contributed by atoms with E-state index in [2.05, 4.69) is 29.7 Å². The SMILES string of the molecule is CC1=C(C(=O)Nc2ccc(C)cc2C)C(c2sccc2C)n2nc(SCc3ccccc3Cl)nc2N1. The summed E-state index contributed by atoms with van der Waals surface area (Å²) in [6.07, 6.45) is 0. The number of rotatable bonds is 6. The molecule has 0 saturated carbocycles. The van der Waals surface area contributed by atoms with Crippen LogP contribution in [0.4, 0.5) is 11.6 Å². The molecule has 1 unspecified atom stereocenters. The molecule has 0 fully saturated rings. The number of nitrogens with zero attached hydrogens (tertiary/aromatic N) is 3. The average molecular weight is 536 g/mol. The average Bonchev–Trinajstić information content (AvgIpc) is 3.45. The minimum Gasteiger partial charge on any atom is -0.328 e. The van der Waals surface area contributed by atoms with Crippen LogP contribution in [0.1, 0.15) is 40.1 Å². The van der Waals surface area contributed by atoms with E-state index in [4.69, 9.17) is 21.7 Å². The zero-order valence-electron chi connectivity index (χ0n) is 20.4. The summed E-state index contributed by atoms with van der Waals surface area (Å²) in [6.45, 7) is 8.02. The van der Waals surface area contributed by atoms with Crippen LogP contribution in [0.25, 0.3) is 0 Å².